The van der Waals surface area contributed by atoms with E-state index in [1.807, 2.05) is 19.1 Å². The van der Waals surface area contributed by atoms with Gasteiger partial charge in [-0.3, -0.25) is 4.90 Å². The minimum atomic E-state index is -0.212. The molecule has 1 atom stereocenters. The van der Waals surface area contributed by atoms with Crippen molar-refractivity contribution in [3.63, 3.8) is 0 Å². The van der Waals surface area contributed by atoms with E-state index in [4.69, 9.17) is 5.11 Å². The molecule has 2 N–H and O–H groups in total. The van der Waals surface area contributed by atoms with Crippen LogP contribution in [0.25, 0.3) is 0 Å². The number of likely N-dealkylation sites (N-methyl/N-ethyl adjacent to an activating group) is 1. The number of aliphatic hydroxyl groups excluding tert-OH is 1. The van der Waals surface area contributed by atoms with Crippen LogP contribution in [0.1, 0.15) is 25.3 Å². The molecule has 1 unspecified atom stereocenters. The Balaban J connectivity index is 1.75. The highest BCUT2D eigenvalue weighted by Gasteiger charge is 2.23. The number of hydrogen-bond donors (Lipinski definition) is 2. The molecule has 1 heterocycles. The fourth-order valence-electron chi connectivity index (χ4n) is 2.68. The Morgan fingerprint density at radius 1 is 1.39 bits per heavy atom. The van der Waals surface area contributed by atoms with E-state index < -0.39 is 0 Å². The van der Waals surface area contributed by atoms with Crippen LogP contribution >= 0.6 is 0 Å². The molecule has 2 amide bonds. The molecule has 1 aliphatic heterocycles. The van der Waals surface area contributed by atoms with Gasteiger partial charge in [-0.2, -0.15) is 0 Å². The third kappa shape index (κ3) is 5.18. The second-order valence-corrected chi connectivity index (χ2v) is 6.27. The summed E-state index contributed by atoms with van der Waals surface area (Å²) in [5.74, 6) is -0.212. The molecule has 0 spiro atoms. The summed E-state index contributed by atoms with van der Waals surface area (Å²) in [4.78, 5) is 15.9. The Hall–Kier alpha value is -1.66. The van der Waals surface area contributed by atoms with Gasteiger partial charge in [0.05, 0.1) is 12.6 Å². The largest absolute Gasteiger partial charge is 0.394 e. The molecule has 1 fully saturated rings. The van der Waals surface area contributed by atoms with Gasteiger partial charge in [-0.05, 0) is 37.5 Å². The van der Waals surface area contributed by atoms with Crippen molar-refractivity contribution >= 4 is 6.03 Å². The van der Waals surface area contributed by atoms with Crippen LogP contribution in [0.2, 0.25) is 0 Å². The van der Waals surface area contributed by atoms with E-state index in [0.717, 1.165) is 38.0 Å². The van der Waals surface area contributed by atoms with Crippen LogP contribution in [0.4, 0.5) is 9.18 Å². The molecule has 2 rings (SSSR count). The summed E-state index contributed by atoms with van der Waals surface area (Å²) in [7, 11) is 1.69. The molecule has 0 aliphatic carbocycles. The first kappa shape index (κ1) is 17.7. The van der Waals surface area contributed by atoms with Gasteiger partial charge in [0.25, 0.3) is 0 Å². The Bertz CT molecular complexity index is 501. The first-order valence-electron chi connectivity index (χ1n) is 8.10. The lowest BCUT2D eigenvalue weighted by Crippen LogP contribution is -2.50. The zero-order valence-corrected chi connectivity index (χ0v) is 13.8. The van der Waals surface area contributed by atoms with Gasteiger partial charge in [-0.1, -0.05) is 12.1 Å². The number of likely N-dealkylation sites (tertiary alicyclic amines) is 1. The number of rotatable bonds is 5. The van der Waals surface area contributed by atoms with Gasteiger partial charge < -0.3 is 15.3 Å². The highest BCUT2D eigenvalue weighted by atomic mass is 19.1. The van der Waals surface area contributed by atoms with Crippen molar-refractivity contribution in [1.82, 2.24) is 15.1 Å². The van der Waals surface area contributed by atoms with Crippen molar-refractivity contribution in [3.05, 3.63) is 35.6 Å². The van der Waals surface area contributed by atoms with Crippen molar-refractivity contribution in [2.45, 2.75) is 38.4 Å². The monoisotopic (exact) mass is 323 g/mol. The Morgan fingerprint density at radius 3 is 2.57 bits per heavy atom. The molecule has 1 aromatic rings. The molecule has 0 radical (unpaired) electrons. The predicted octanol–water partition coefficient (Wildman–Crippen LogP) is 1.81. The smallest absolute Gasteiger partial charge is 0.317 e. The SMILES string of the molecule is CC(CO)N(C)C(=O)NC1CCN(Cc2ccc(F)cc2)CC1. The first-order chi connectivity index (χ1) is 11.0. The quantitative estimate of drug-likeness (QED) is 0.869. The predicted molar refractivity (Wildman–Crippen MR) is 87.5 cm³/mol. The molecular formula is C17H26FN3O2. The van der Waals surface area contributed by atoms with Gasteiger partial charge in [-0.15, -0.1) is 0 Å². The van der Waals surface area contributed by atoms with Gasteiger partial charge in [0.15, 0.2) is 0 Å². The molecule has 23 heavy (non-hydrogen) atoms. The normalized spacial score (nSPS) is 17.7. The summed E-state index contributed by atoms with van der Waals surface area (Å²) in [5, 5.41) is 12.1. The molecule has 0 saturated carbocycles. The Kier molecular flexibility index (Phi) is 6.36. The Labute approximate surface area is 137 Å². The standard InChI is InChI=1S/C17H26FN3O2/c1-13(12-22)20(2)17(23)19-16-7-9-21(10-8-16)11-14-3-5-15(18)6-4-14/h3-6,13,16,22H,7-12H2,1-2H3,(H,19,23). The van der Waals surface area contributed by atoms with Crippen LogP contribution < -0.4 is 5.32 Å². The zero-order valence-electron chi connectivity index (χ0n) is 13.8. The van der Waals surface area contributed by atoms with E-state index in [2.05, 4.69) is 10.2 Å². The number of halogens is 1. The number of carbonyl (C=O) groups excluding carboxylic acids is 1. The lowest BCUT2D eigenvalue weighted by atomic mass is 10.0. The van der Waals surface area contributed by atoms with Crippen LogP contribution in [-0.2, 0) is 6.54 Å². The molecule has 5 nitrogen and oxygen atoms in total. The average molecular weight is 323 g/mol. The number of benzene rings is 1. The fourth-order valence-corrected chi connectivity index (χ4v) is 2.68. The number of amides is 2. The third-order valence-electron chi connectivity index (χ3n) is 4.48. The van der Waals surface area contributed by atoms with Crippen LogP contribution in [0.5, 0.6) is 0 Å². The Morgan fingerprint density at radius 2 is 2.00 bits per heavy atom. The summed E-state index contributed by atoms with van der Waals surface area (Å²) in [6, 6.07) is 6.45. The van der Waals surface area contributed by atoms with Gasteiger partial charge in [0.1, 0.15) is 5.82 Å². The number of aliphatic hydroxyl groups is 1. The molecule has 0 bridgehead atoms. The molecule has 1 aromatic carbocycles. The van der Waals surface area contributed by atoms with Crippen LogP contribution in [-0.4, -0.2) is 59.8 Å². The van der Waals surface area contributed by atoms with Crippen molar-refractivity contribution < 1.29 is 14.3 Å². The number of nitrogens with zero attached hydrogens (tertiary/aromatic N) is 2. The van der Waals surface area contributed by atoms with Crippen molar-refractivity contribution in [2.24, 2.45) is 0 Å². The molecule has 0 aromatic heterocycles. The van der Waals surface area contributed by atoms with Gasteiger partial charge in [-0.25, -0.2) is 9.18 Å². The van der Waals surface area contributed by atoms with Crippen LogP contribution in [0.15, 0.2) is 24.3 Å². The average Bonchev–Trinajstić information content (AvgIpc) is 2.57. The van der Waals surface area contributed by atoms with Crippen molar-refractivity contribution in [3.8, 4) is 0 Å². The van der Waals surface area contributed by atoms with Gasteiger partial charge >= 0.3 is 6.03 Å². The van der Waals surface area contributed by atoms with E-state index in [0.29, 0.717) is 0 Å². The zero-order chi connectivity index (χ0) is 16.8. The first-order valence-corrected chi connectivity index (χ1v) is 8.10. The molecular weight excluding hydrogens is 297 g/mol. The second-order valence-electron chi connectivity index (χ2n) is 6.27. The lowest BCUT2D eigenvalue weighted by molar-refractivity contribution is 0.145. The van der Waals surface area contributed by atoms with Gasteiger partial charge in [0.2, 0.25) is 0 Å². The minimum Gasteiger partial charge on any atom is -0.394 e. The minimum absolute atomic E-state index is 0.0416. The van der Waals surface area contributed by atoms with Crippen molar-refractivity contribution in [2.75, 3.05) is 26.7 Å². The van der Waals surface area contributed by atoms with E-state index in [-0.39, 0.29) is 30.5 Å². The van der Waals surface area contributed by atoms with Crippen molar-refractivity contribution in [1.29, 1.82) is 0 Å². The maximum Gasteiger partial charge on any atom is 0.317 e. The number of carbonyl (C=O) groups is 1. The number of urea groups is 1. The van der Waals surface area contributed by atoms with E-state index in [1.54, 1.807) is 7.05 Å². The van der Waals surface area contributed by atoms with E-state index in [1.165, 1.54) is 17.0 Å². The maximum atomic E-state index is 12.9. The number of nitrogens with one attached hydrogen (secondary N) is 1. The lowest BCUT2D eigenvalue weighted by Gasteiger charge is -2.34. The summed E-state index contributed by atoms with van der Waals surface area (Å²) in [5.41, 5.74) is 1.10. The third-order valence-corrected chi connectivity index (χ3v) is 4.48. The number of hydrogen-bond acceptors (Lipinski definition) is 3. The molecule has 1 saturated heterocycles. The summed E-state index contributed by atoms with van der Waals surface area (Å²) < 4.78 is 12.9. The fraction of sp³-hybridized carbons (Fsp3) is 0.588. The topological polar surface area (TPSA) is 55.8 Å². The van der Waals surface area contributed by atoms with Crippen LogP contribution in [0.3, 0.4) is 0 Å². The highest BCUT2D eigenvalue weighted by Crippen LogP contribution is 2.14. The second kappa shape index (κ2) is 8.26. The van der Waals surface area contributed by atoms with E-state index in [9.17, 15) is 9.18 Å². The molecule has 128 valence electrons. The van der Waals surface area contributed by atoms with Gasteiger partial charge in [0, 0.05) is 32.7 Å². The molecule has 1 aliphatic rings. The summed E-state index contributed by atoms with van der Waals surface area (Å²) >= 11 is 0. The molecule has 6 heteroatoms. The highest BCUT2D eigenvalue weighted by molar-refractivity contribution is 5.74. The summed E-state index contributed by atoms with van der Waals surface area (Å²) in [6.45, 7) is 4.39. The van der Waals surface area contributed by atoms with E-state index >= 15 is 0 Å². The number of piperidine rings is 1. The summed E-state index contributed by atoms with van der Waals surface area (Å²) in [6.07, 6.45) is 1.79. The van der Waals surface area contributed by atoms with Crippen LogP contribution in [0, 0.1) is 5.82 Å². The maximum absolute atomic E-state index is 12.9.